The second-order valence-electron chi connectivity index (χ2n) is 3.48. The van der Waals surface area contributed by atoms with Crippen LogP contribution in [-0.4, -0.2) is 18.0 Å². The number of carbonyl (C=O) groups is 1. The summed E-state index contributed by atoms with van der Waals surface area (Å²) in [5.74, 6) is 0.523. The number of anilines is 1. The van der Waals surface area contributed by atoms with Gasteiger partial charge in [0.25, 0.3) is 5.91 Å². The van der Waals surface area contributed by atoms with E-state index in [-0.39, 0.29) is 5.91 Å². The minimum absolute atomic E-state index is 0.182. The zero-order valence-electron chi connectivity index (χ0n) is 9.56. The molecule has 0 atom stereocenters. The number of ether oxygens (including phenoxy) is 1. The van der Waals surface area contributed by atoms with Crippen molar-refractivity contribution in [1.29, 1.82) is 0 Å². The Morgan fingerprint density at radius 1 is 1.47 bits per heavy atom. The second-order valence-corrected chi connectivity index (χ2v) is 4.37. The summed E-state index contributed by atoms with van der Waals surface area (Å²) in [5.41, 5.74) is 1.56. The van der Waals surface area contributed by atoms with Gasteiger partial charge in [-0.1, -0.05) is 6.07 Å². The lowest BCUT2D eigenvalue weighted by molar-refractivity contribution is 0.102. The Labute approximate surface area is 103 Å². The molecule has 1 aromatic carbocycles. The van der Waals surface area contributed by atoms with Crippen LogP contribution in [0.1, 0.15) is 15.9 Å². The van der Waals surface area contributed by atoms with Crippen LogP contribution in [0.2, 0.25) is 0 Å². The Balaban J connectivity index is 2.19. The highest BCUT2D eigenvalue weighted by Crippen LogP contribution is 2.20. The van der Waals surface area contributed by atoms with E-state index in [9.17, 15) is 4.79 Å². The molecule has 0 saturated carbocycles. The Morgan fingerprint density at radius 3 is 2.94 bits per heavy atom. The third-order valence-electron chi connectivity index (χ3n) is 2.32. The molecule has 0 saturated heterocycles. The van der Waals surface area contributed by atoms with E-state index in [0.717, 1.165) is 5.56 Å². The van der Waals surface area contributed by atoms with Crippen LogP contribution < -0.4 is 10.1 Å². The van der Waals surface area contributed by atoms with E-state index in [1.54, 1.807) is 25.4 Å². The minimum Gasteiger partial charge on any atom is -0.496 e. The first-order chi connectivity index (χ1) is 8.20. The summed E-state index contributed by atoms with van der Waals surface area (Å²) in [6.07, 6.45) is 1.65. The zero-order chi connectivity index (χ0) is 12.3. The summed E-state index contributed by atoms with van der Waals surface area (Å²) >= 11 is 1.38. The molecule has 0 radical (unpaired) electrons. The van der Waals surface area contributed by atoms with Gasteiger partial charge in [0.1, 0.15) is 5.75 Å². The summed E-state index contributed by atoms with van der Waals surface area (Å²) in [5, 5.41) is 5.12. The molecule has 2 aromatic rings. The van der Waals surface area contributed by atoms with Gasteiger partial charge < -0.3 is 4.74 Å². The number of aryl methyl sites for hydroxylation is 1. The van der Waals surface area contributed by atoms with Gasteiger partial charge in [0.2, 0.25) is 0 Å². The van der Waals surface area contributed by atoms with Gasteiger partial charge in [-0.3, -0.25) is 10.1 Å². The van der Waals surface area contributed by atoms with Gasteiger partial charge in [0.15, 0.2) is 5.13 Å². The van der Waals surface area contributed by atoms with E-state index >= 15 is 0 Å². The van der Waals surface area contributed by atoms with Crippen LogP contribution in [0, 0.1) is 6.92 Å². The highest BCUT2D eigenvalue weighted by molar-refractivity contribution is 7.13. The lowest BCUT2D eigenvalue weighted by Gasteiger charge is -2.07. The highest BCUT2D eigenvalue weighted by Gasteiger charge is 2.09. The van der Waals surface area contributed by atoms with Crippen molar-refractivity contribution >= 4 is 22.4 Å². The molecule has 0 bridgehead atoms. The Bertz CT molecular complexity index is 523. The number of hydrogen-bond acceptors (Lipinski definition) is 4. The molecular weight excluding hydrogens is 236 g/mol. The van der Waals surface area contributed by atoms with E-state index in [4.69, 9.17) is 4.74 Å². The van der Waals surface area contributed by atoms with Gasteiger partial charge in [-0.25, -0.2) is 4.98 Å². The summed E-state index contributed by atoms with van der Waals surface area (Å²) in [6, 6.07) is 5.34. The molecule has 4 nitrogen and oxygen atoms in total. The summed E-state index contributed by atoms with van der Waals surface area (Å²) < 4.78 is 5.18. The van der Waals surface area contributed by atoms with Crippen LogP contribution in [0.3, 0.4) is 0 Å². The fraction of sp³-hybridized carbons (Fsp3) is 0.167. The average molecular weight is 248 g/mol. The molecule has 88 valence electrons. The summed E-state index contributed by atoms with van der Waals surface area (Å²) in [4.78, 5) is 15.9. The molecule has 2 rings (SSSR count). The number of amides is 1. The number of carbonyl (C=O) groups excluding carboxylic acids is 1. The maximum atomic E-state index is 11.9. The number of nitrogens with zero attached hydrogens (tertiary/aromatic N) is 1. The number of hydrogen-bond donors (Lipinski definition) is 1. The quantitative estimate of drug-likeness (QED) is 0.908. The third kappa shape index (κ3) is 2.62. The molecule has 1 amide bonds. The first kappa shape index (κ1) is 11.6. The van der Waals surface area contributed by atoms with E-state index < -0.39 is 0 Å². The third-order valence-corrected chi connectivity index (χ3v) is 3.01. The molecule has 0 unspecified atom stereocenters. The molecule has 17 heavy (non-hydrogen) atoms. The predicted molar refractivity (Wildman–Crippen MR) is 67.8 cm³/mol. The Hall–Kier alpha value is -1.88. The van der Waals surface area contributed by atoms with Crippen LogP contribution >= 0.6 is 11.3 Å². The van der Waals surface area contributed by atoms with E-state index in [2.05, 4.69) is 10.3 Å². The van der Waals surface area contributed by atoms with Crippen molar-refractivity contribution in [2.24, 2.45) is 0 Å². The van der Waals surface area contributed by atoms with Crippen LogP contribution in [-0.2, 0) is 0 Å². The first-order valence-corrected chi connectivity index (χ1v) is 5.94. The molecule has 0 aliphatic rings. The average Bonchev–Trinajstić information content (AvgIpc) is 2.82. The van der Waals surface area contributed by atoms with E-state index in [1.165, 1.54) is 11.3 Å². The molecular formula is C12H12N2O2S. The lowest BCUT2D eigenvalue weighted by atomic mass is 10.1. The van der Waals surface area contributed by atoms with Crippen molar-refractivity contribution in [2.75, 3.05) is 12.4 Å². The van der Waals surface area contributed by atoms with Crippen molar-refractivity contribution in [1.82, 2.24) is 4.98 Å². The summed E-state index contributed by atoms with van der Waals surface area (Å²) in [6.45, 7) is 1.93. The van der Waals surface area contributed by atoms with Gasteiger partial charge in [-0.15, -0.1) is 11.3 Å². The van der Waals surface area contributed by atoms with Gasteiger partial charge in [-0.2, -0.15) is 0 Å². The molecule has 0 fully saturated rings. The molecule has 1 heterocycles. The lowest BCUT2D eigenvalue weighted by Crippen LogP contribution is -2.11. The van der Waals surface area contributed by atoms with Crippen molar-refractivity contribution < 1.29 is 9.53 Å². The number of thiazole rings is 1. The van der Waals surface area contributed by atoms with E-state index in [1.807, 2.05) is 18.4 Å². The van der Waals surface area contributed by atoms with Crippen molar-refractivity contribution in [3.63, 3.8) is 0 Å². The van der Waals surface area contributed by atoms with Crippen molar-refractivity contribution in [3.8, 4) is 5.75 Å². The smallest absolute Gasteiger partial charge is 0.257 e. The van der Waals surface area contributed by atoms with Gasteiger partial charge in [0.05, 0.1) is 7.11 Å². The van der Waals surface area contributed by atoms with Crippen LogP contribution in [0.5, 0.6) is 5.75 Å². The van der Waals surface area contributed by atoms with Gasteiger partial charge in [0, 0.05) is 17.1 Å². The van der Waals surface area contributed by atoms with Crippen LogP contribution in [0.15, 0.2) is 29.8 Å². The predicted octanol–water partition coefficient (Wildman–Crippen LogP) is 2.71. The molecule has 5 heteroatoms. The normalized spacial score (nSPS) is 10.0. The molecule has 1 N–H and O–H groups in total. The largest absolute Gasteiger partial charge is 0.496 e. The second kappa shape index (κ2) is 4.97. The highest BCUT2D eigenvalue weighted by atomic mass is 32.1. The van der Waals surface area contributed by atoms with Gasteiger partial charge in [-0.05, 0) is 24.6 Å². The molecule has 0 aliphatic carbocycles. The number of aromatic nitrogens is 1. The Morgan fingerprint density at radius 2 is 2.29 bits per heavy atom. The number of rotatable bonds is 3. The summed E-state index contributed by atoms with van der Waals surface area (Å²) in [7, 11) is 1.59. The van der Waals surface area contributed by atoms with Crippen molar-refractivity contribution in [3.05, 3.63) is 40.9 Å². The standard InChI is InChI=1S/C12H12N2O2S/c1-8-3-4-9(7-10(8)16-2)11(15)14-12-13-5-6-17-12/h3-7H,1-2H3,(H,13,14,15). The fourth-order valence-electron chi connectivity index (χ4n) is 1.42. The van der Waals surface area contributed by atoms with E-state index in [0.29, 0.717) is 16.4 Å². The molecule has 0 aliphatic heterocycles. The SMILES string of the molecule is COc1cc(C(=O)Nc2nccs2)ccc1C. The number of benzene rings is 1. The zero-order valence-corrected chi connectivity index (χ0v) is 10.4. The van der Waals surface area contributed by atoms with Crippen LogP contribution in [0.25, 0.3) is 0 Å². The Kier molecular flexibility index (Phi) is 3.39. The maximum absolute atomic E-state index is 11.9. The number of methoxy groups -OCH3 is 1. The van der Waals surface area contributed by atoms with Crippen molar-refractivity contribution in [2.45, 2.75) is 6.92 Å². The monoisotopic (exact) mass is 248 g/mol. The van der Waals surface area contributed by atoms with Crippen LogP contribution in [0.4, 0.5) is 5.13 Å². The topological polar surface area (TPSA) is 51.2 Å². The van der Waals surface area contributed by atoms with Gasteiger partial charge >= 0.3 is 0 Å². The maximum Gasteiger partial charge on any atom is 0.257 e. The first-order valence-electron chi connectivity index (χ1n) is 5.06. The molecule has 0 spiro atoms. The minimum atomic E-state index is -0.182. The molecule has 1 aromatic heterocycles. The fourth-order valence-corrected chi connectivity index (χ4v) is 1.94. The number of nitrogens with one attached hydrogen (secondary N) is 1.